The van der Waals surface area contributed by atoms with Crippen LogP contribution in [0.5, 0.6) is 0 Å². The van der Waals surface area contributed by atoms with Crippen molar-refractivity contribution in [2.45, 2.75) is 64.0 Å². The number of rotatable bonds is 3. The lowest BCUT2D eigenvalue weighted by Gasteiger charge is -2.29. The maximum absolute atomic E-state index is 12.6. The highest BCUT2D eigenvalue weighted by atomic mass is 16.2. The zero-order valence-corrected chi connectivity index (χ0v) is 12.9. The monoisotopic (exact) mass is 289 g/mol. The van der Waals surface area contributed by atoms with Gasteiger partial charge in [-0.15, -0.1) is 0 Å². The molecule has 3 aliphatic rings. The second-order valence-electron chi connectivity index (χ2n) is 6.68. The third-order valence-corrected chi connectivity index (χ3v) is 5.24. The lowest BCUT2D eigenvalue weighted by molar-refractivity contribution is -0.124. The average molecular weight is 289 g/mol. The van der Waals surface area contributed by atoms with Crippen molar-refractivity contribution in [2.24, 2.45) is 11.8 Å². The quantitative estimate of drug-likeness (QED) is 0.748. The first-order chi connectivity index (χ1) is 10.3. The SMILES string of the molecule is C[C@@H](NC(=O)C1NNC2=CC=CCCC21)C1CCCCC1. The van der Waals surface area contributed by atoms with E-state index in [0.29, 0.717) is 5.92 Å². The van der Waals surface area contributed by atoms with Crippen LogP contribution in [0.3, 0.4) is 0 Å². The van der Waals surface area contributed by atoms with Crippen LogP contribution in [0.15, 0.2) is 23.9 Å². The summed E-state index contributed by atoms with van der Waals surface area (Å²) in [5, 5.41) is 3.26. The summed E-state index contributed by atoms with van der Waals surface area (Å²) in [7, 11) is 0. The Labute approximate surface area is 127 Å². The molecule has 1 amide bonds. The van der Waals surface area contributed by atoms with Crippen LogP contribution in [-0.2, 0) is 4.79 Å². The number of allylic oxidation sites excluding steroid dienone is 3. The van der Waals surface area contributed by atoms with E-state index in [1.165, 1.54) is 32.1 Å². The lowest BCUT2D eigenvalue weighted by atomic mass is 9.84. The Morgan fingerprint density at radius 3 is 2.90 bits per heavy atom. The Balaban J connectivity index is 1.58. The summed E-state index contributed by atoms with van der Waals surface area (Å²) in [5.74, 6) is 1.08. The summed E-state index contributed by atoms with van der Waals surface area (Å²) in [6, 6.07) is 0.152. The molecule has 2 aliphatic carbocycles. The van der Waals surface area contributed by atoms with Gasteiger partial charge in [0, 0.05) is 17.7 Å². The second kappa shape index (κ2) is 6.65. The largest absolute Gasteiger partial charge is 0.352 e. The molecule has 1 saturated carbocycles. The highest BCUT2D eigenvalue weighted by Crippen LogP contribution is 2.28. The van der Waals surface area contributed by atoms with Gasteiger partial charge in [0.2, 0.25) is 5.91 Å². The molecule has 0 spiro atoms. The number of amides is 1. The van der Waals surface area contributed by atoms with Crippen LogP contribution in [0, 0.1) is 11.8 Å². The molecular weight excluding hydrogens is 262 g/mol. The molecule has 4 heteroatoms. The van der Waals surface area contributed by atoms with Crippen LogP contribution in [0.4, 0.5) is 0 Å². The van der Waals surface area contributed by atoms with Crippen molar-refractivity contribution in [3.05, 3.63) is 23.9 Å². The summed E-state index contributed by atoms with van der Waals surface area (Å²) in [6.07, 6.45) is 14.9. The number of carbonyl (C=O) groups is 1. The van der Waals surface area contributed by atoms with E-state index in [-0.39, 0.29) is 23.9 Å². The van der Waals surface area contributed by atoms with E-state index >= 15 is 0 Å². The van der Waals surface area contributed by atoms with Gasteiger partial charge in [0.15, 0.2) is 0 Å². The minimum Gasteiger partial charge on any atom is -0.352 e. The first kappa shape index (κ1) is 14.6. The van der Waals surface area contributed by atoms with Crippen LogP contribution < -0.4 is 16.2 Å². The Morgan fingerprint density at radius 1 is 1.29 bits per heavy atom. The van der Waals surface area contributed by atoms with E-state index in [1.54, 1.807) is 0 Å². The Kier molecular flexibility index (Phi) is 4.63. The molecule has 4 nitrogen and oxygen atoms in total. The molecule has 0 radical (unpaired) electrons. The summed E-state index contributed by atoms with van der Waals surface area (Å²) in [5.41, 5.74) is 7.50. The smallest absolute Gasteiger partial charge is 0.239 e. The van der Waals surface area contributed by atoms with E-state index in [0.717, 1.165) is 18.5 Å². The van der Waals surface area contributed by atoms with Crippen molar-refractivity contribution in [3.63, 3.8) is 0 Å². The van der Waals surface area contributed by atoms with Gasteiger partial charge in [0.25, 0.3) is 0 Å². The molecule has 3 atom stereocenters. The number of nitrogens with one attached hydrogen (secondary N) is 3. The van der Waals surface area contributed by atoms with Gasteiger partial charge in [0.05, 0.1) is 0 Å². The van der Waals surface area contributed by atoms with E-state index in [1.807, 2.05) is 0 Å². The number of hydrazine groups is 1. The van der Waals surface area contributed by atoms with Crippen LogP contribution in [0.2, 0.25) is 0 Å². The number of hydrogen-bond acceptors (Lipinski definition) is 3. The molecule has 3 rings (SSSR count). The van der Waals surface area contributed by atoms with Crippen molar-refractivity contribution in [3.8, 4) is 0 Å². The molecule has 1 aliphatic heterocycles. The van der Waals surface area contributed by atoms with Gasteiger partial charge >= 0.3 is 0 Å². The van der Waals surface area contributed by atoms with Crippen LogP contribution in [-0.4, -0.2) is 18.0 Å². The van der Waals surface area contributed by atoms with Crippen molar-refractivity contribution >= 4 is 5.91 Å². The molecule has 2 unspecified atom stereocenters. The summed E-state index contributed by atoms with van der Waals surface area (Å²) in [6.45, 7) is 2.17. The highest BCUT2D eigenvalue weighted by Gasteiger charge is 2.37. The molecule has 1 saturated heterocycles. The average Bonchev–Trinajstić information content (AvgIpc) is 2.77. The van der Waals surface area contributed by atoms with Gasteiger partial charge in [-0.3, -0.25) is 4.79 Å². The molecular formula is C17H27N3O. The molecule has 0 bridgehead atoms. The third kappa shape index (κ3) is 3.31. The van der Waals surface area contributed by atoms with E-state index in [4.69, 9.17) is 0 Å². The number of fused-ring (bicyclic) bond motifs is 1. The number of hydrogen-bond donors (Lipinski definition) is 3. The van der Waals surface area contributed by atoms with Crippen molar-refractivity contribution in [1.82, 2.24) is 16.2 Å². The normalized spacial score (nSPS) is 30.8. The molecule has 1 heterocycles. The van der Waals surface area contributed by atoms with Gasteiger partial charge in [-0.1, -0.05) is 31.4 Å². The summed E-state index contributed by atoms with van der Waals surface area (Å²) >= 11 is 0. The zero-order chi connectivity index (χ0) is 14.7. The number of carbonyl (C=O) groups excluding carboxylic acids is 1. The Bertz CT molecular complexity index is 437. The van der Waals surface area contributed by atoms with Gasteiger partial charge < -0.3 is 10.7 Å². The third-order valence-electron chi connectivity index (χ3n) is 5.24. The maximum Gasteiger partial charge on any atom is 0.239 e. The topological polar surface area (TPSA) is 53.2 Å². The van der Waals surface area contributed by atoms with Crippen LogP contribution in [0.25, 0.3) is 0 Å². The van der Waals surface area contributed by atoms with Gasteiger partial charge in [-0.2, -0.15) is 0 Å². The Hall–Kier alpha value is -1.29. The molecule has 116 valence electrons. The lowest BCUT2D eigenvalue weighted by Crippen LogP contribution is -2.50. The summed E-state index contributed by atoms with van der Waals surface area (Å²) < 4.78 is 0. The maximum atomic E-state index is 12.6. The fraction of sp³-hybridized carbons (Fsp3) is 0.706. The predicted molar refractivity (Wildman–Crippen MR) is 84.2 cm³/mol. The predicted octanol–water partition coefficient (Wildman–Crippen LogP) is 2.40. The van der Waals surface area contributed by atoms with Gasteiger partial charge in [-0.25, -0.2) is 5.43 Å². The first-order valence-corrected chi connectivity index (χ1v) is 8.44. The van der Waals surface area contributed by atoms with Gasteiger partial charge in [0.1, 0.15) is 6.04 Å². The molecule has 0 aromatic rings. The highest BCUT2D eigenvalue weighted by molar-refractivity contribution is 5.83. The summed E-state index contributed by atoms with van der Waals surface area (Å²) in [4.78, 5) is 12.6. The molecule has 21 heavy (non-hydrogen) atoms. The van der Waals surface area contributed by atoms with Crippen molar-refractivity contribution < 1.29 is 4.79 Å². The van der Waals surface area contributed by atoms with E-state index in [9.17, 15) is 4.79 Å². The van der Waals surface area contributed by atoms with E-state index < -0.39 is 0 Å². The molecule has 0 aromatic carbocycles. The first-order valence-electron chi connectivity index (χ1n) is 8.44. The van der Waals surface area contributed by atoms with E-state index in [2.05, 4.69) is 41.3 Å². The zero-order valence-electron chi connectivity index (χ0n) is 12.9. The second-order valence-corrected chi connectivity index (χ2v) is 6.68. The fourth-order valence-corrected chi connectivity index (χ4v) is 3.88. The molecule has 0 aromatic heterocycles. The Morgan fingerprint density at radius 2 is 2.10 bits per heavy atom. The van der Waals surface area contributed by atoms with Crippen LogP contribution in [0.1, 0.15) is 51.9 Å². The fourth-order valence-electron chi connectivity index (χ4n) is 3.88. The minimum atomic E-state index is -0.137. The van der Waals surface area contributed by atoms with Crippen molar-refractivity contribution in [2.75, 3.05) is 0 Å². The molecule has 2 fully saturated rings. The molecule has 3 N–H and O–H groups in total. The minimum absolute atomic E-state index is 0.137. The van der Waals surface area contributed by atoms with Crippen LogP contribution >= 0.6 is 0 Å². The van der Waals surface area contributed by atoms with Gasteiger partial charge in [-0.05, 0) is 44.6 Å². The standard InChI is InChI=1S/C17H27N3O/c1-12(13-8-4-2-5-9-13)18-17(21)16-14-10-6-3-7-11-15(14)19-20-16/h3,7,11-14,16,19-20H,2,4-6,8-10H2,1H3,(H,18,21)/t12-,14?,16?/m1/s1. The van der Waals surface area contributed by atoms with Crippen molar-refractivity contribution in [1.29, 1.82) is 0 Å².